The number of hydrogen-bond donors (Lipinski definition) is 0. The zero-order valence-corrected chi connectivity index (χ0v) is 45.4. The lowest BCUT2D eigenvalue weighted by molar-refractivity contribution is 0.584. The number of anilines is 6. The SMILES string of the molecule is CC(C)(C)c1ccc(-c2cc3c4c(c2)N(c2ccccc2)c2c(c(C(C)(C)C)c5c(c2C(C)(C)C)B2c6ccccc6-c6cc(-c7ccc(C(C)(C)C)cc7)cc(c62)N5c2ccccc2)B4c2ccccc2-3)cc1. The fraction of sp³-hybridized carbons (Fsp3) is 0.229. The largest absolute Gasteiger partial charge is 0.311 e. The molecule has 0 amide bonds. The first kappa shape index (κ1) is 46.5. The van der Waals surface area contributed by atoms with Gasteiger partial charge < -0.3 is 9.80 Å². The van der Waals surface area contributed by atoms with Gasteiger partial charge in [-0.15, -0.1) is 0 Å². The summed E-state index contributed by atoms with van der Waals surface area (Å²) in [5.74, 6) is 0. The highest BCUT2D eigenvalue weighted by molar-refractivity contribution is 7.04. The first-order valence-electron chi connectivity index (χ1n) is 27.0. The Morgan fingerprint density at radius 1 is 0.297 bits per heavy atom. The monoisotopic (exact) mass is 957 g/mol. The Hall–Kier alpha value is -7.29. The van der Waals surface area contributed by atoms with Crippen molar-refractivity contribution in [3.63, 3.8) is 0 Å². The summed E-state index contributed by atoms with van der Waals surface area (Å²) in [4.78, 5) is 5.43. The highest BCUT2D eigenvalue weighted by Gasteiger charge is 2.53. The molecule has 9 aromatic rings. The van der Waals surface area contributed by atoms with Gasteiger partial charge in [-0.3, -0.25) is 0 Å². The molecule has 362 valence electrons. The minimum absolute atomic E-state index is 0.00205. The maximum Gasteiger partial charge on any atom is 0.248 e. The van der Waals surface area contributed by atoms with Crippen LogP contribution in [0.3, 0.4) is 0 Å². The van der Waals surface area contributed by atoms with Crippen molar-refractivity contribution in [3.05, 3.63) is 204 Å². The van der Waals surface area contributed by atoms with E-state index in [-0.39, 0.29) is 35.1 Å². The maximum atomic E-state index is 2.72. The van der Waals surface area contributed by atoms with E-state index < -0.39 is 0 Å². The predicted molar refractivity (Wildman–Crippen MR) is 322 cm³/mol. The number of para-hydroxylation sites is 2. The van der Waals surface area contributed by atoms with Gasteiger partial charge in [0.05, 0.1) is 0 Å². The summed E-state index contributed by atoms with van der Waals surface area (Å²) in [6.07, 6.45) is 0. The third-order valence-electron chi connectivity index (χ3n) is 16.7. The minimum atomic E-state index is -0.303. The second-order valence-electron chi connectivity index (χ2n) is 25.7. The van der Waals surface area contributed by atoms with Crippen LogP contribution in [-0.4, -0.2) is 13.4 Å². The number of nitrogens with zero attached hydrogens (tertiary/aromatic N) is 2. The Labute approximate surface area is 441 Å². The fourth-order valence-corrected chi connectivity index (χ4v) is 13.5. The van der Waals surface area contributed by atoms with Gasteiger partial charge in [-0.05, 0) is 159 Å². The van der Waals surface area contributed by atoms with E-state index in [9.17, 15) is 0 Å². The summed E-state index contributed by atoms with van der Waals surface area (Å²) in [5.41, 5.74) is 31.4. The van der Waals surface area contributed by atoms with E-state index in [2.05, 4.69) is 275 Å². The molecule has 0 fully saturated rings. The molecular formula is C70H66B2N2. The molecule has 0 N–H and O–H groups in total. The van der Waals surface area contributed by atoms with Crippen molar-refractivity contribution in [2.24, 2.45) is 0 Å². The molecule has 4 heteroatoms. The number of hydrogen-bond acceptors (Lipinski definition) is 2. The molecule has 0 aromatic heterocycles. The summed E-state index contributed by atoms with van der Waals surface area (Å²) in [7, 11) is 0. The van der Waals surface area contributed by atoms with Gasteiger partial charge in [-0.1, -0.05) is 227 Å². The smallest absolute Gasteiger partial charge is 0.248 e. The molecule has 4 aliphatic rings. The van der Waals surface area contributed by atoms with Crippen LogP contribution >= 0.6 is 0 Å². The Morgan fingerprint density at radius 3 is 0.973 bits per heavy atom. The van der Waals surface area contributed by atoms with Gasteiger partial charge in [-0.2, -0.15) is 0 Å². The van der Waals surface area contributed by atoms with Crippen LogP contribution in [-0.2, 0) is 21.7 Å². The van der Waals surface area contributed by atoms with Crippen molar-refractivity contribution in [1.29, 1.82) is 0 Å². The van der Waals surface area contributed by atoms with Crippen LogP contribution in [0.2, 0.25) is 0 Å². The van der Waals surface area contributed by atoms with E-state index in [0.717, 1.165) is 0 Å². The Morgan fingerprint density at radius 2 is 0.635 bits per heavy atom. The van der Waals surface area contributed by atoms with Crippen molar-refractivity contribution < 1.29 is 0 Å². The zero-order chi connectivity index (χ0) is 51.4. The standard InChI is InChI=1S/C70H66B2N2/c1-67(2,3)47-35-31-43(32-36-47)45-39-53-51-27-19-21-29-55(51)71-61(53)57(41-45)73(49-23-15-13-16-24-49)65-59(69(7,8)9)64-66(60(63(65)71)70(10,11)12)74(50-25-17-14-18-26-50)58-42-46(44-33-37-48(38-34-44)68(4,5)6)40-54-52-28-20-22-30-56(52)72(64)62(54)58/h13-42H,1-12H3. The van der Waals surface area contributed by atoms with Crippen molar-refractivity contribution in [3.8, 4) is 44.5 Å². The molecule has 0 saturated carbocycles. The van der Waals surface area contributed by atoms with E-state index >= 15 is 0 Å². The van der Waals surface area contributed by atoms with Crippen molar-refractivity contribution in [2.45, 2.75) is 105 Å². The first-order valence-corrected chi connectivity index (χ1v) is 27.0. The van der Waals surface area contributed by atoms with Crippen molar-refractivity contribution >= 4 is 80.3 Å². The predicted octanol–water partition coefficient (Wildman–Crippen LogP) is 14.8. The Balaban J connectivity index is 1.20. The highest BCUT2D eigenvalue weighted by atomic mass is 15.2. The van der Waals surface area contributed by atoms with E-state index in [1.807, 2.05) is 0 Å². The van der Waals surface area contributed by atoms with Crippen LogP contribution in [0.25, 0.3) is 44.5 Å². The maximum absolute atomic E-state index is 2.72. The van der Waals surface area contributed by atoms with Crippen LogP contribution in [0.1, 0.15) is 105 Å². The topological polar surface area (TPSA) is 6.48 Å². The molecule has 0 aliphatic carbocycles. The van der Waals surface area contributed by atoms with Gasteiger partial charge in [0.1, 0.15) is 0 Å². The van der Waals surface area contributed by atoms with Crippen molar-refractivity contribution in [2.75, 3.05) is 9.80 Å². The van der Waals surface area contributed by atoms with Gasteiger partial charge >= 0.3 is 0 Å². The van der Waals surface area contributed by atoms with E-state index in [0.29, 0.717) is 0 Å². The summed E-state index contributed by atoms with van der Waals surface area (Å²) < 4.78 is 0. The highest BCUT2D eigenvalue weighted by Crippen LogP contribution is 2.53. The van der Waals surface area contributed by atoms with E-state index in [1.165, 1.54) is 134 Å². The molecular weight excluding hydrogens is 890 g/mol. The Kier molecular flexibility index (Phi) is 10.1. The van der Waals surface area contributed by atoms with Gasteiger partial charge in [-0.25, -0.2) is 0 Å². The minimum Gasteiger partial charge on any atom is -0.311 e. The normalized spacial score (nSPS) is 14.1. The molecule has 0 radical (unpaired) electrons. The van der Waals surface area contributed by atoms with Crippen LogP contribution in [0.5, 0.6) is 0 Å². The lowest BCUT2D eigenvalue weighted by Crippen LogP contribution is -2.63. The molecule has 0 saturated heterocycles. The number of rotatable bonds is 4. The fourth-order valence-electron chi connectivity index (χ4n) is 13.5. The Bertz CT molecular complexity index is 3500. The van der Waals surface area contributed by atoms with Crippen LogP contribution in [0.4, 0.5) is 34.1 Å². The number of fused-ring (bicyclic) bond motifs is 10. The molecule has 13 rings (SSSR count). The third kappa shape index (κ3) is 6.93. The quantitative estimate of drug-likeness (QED) is 0.162. The van der Waals surface area contributed by atoms with Crippen LogP contribution in [0.15, 0.2) is 182 Å². The number of benzene rings is 9. The zero-order valence-electron chi connectivity index (χ0n) is 45.4. The van der Waals surface area contributed by atoms with Crippen LogP contribution < -0.4 is 42.6 Å². The summed E-state index contributed by atoms with van der Waals surface area (Å²) in [6, 6.07) is 70.2. The average molecular weight is 957 g/mol. The second kappa shape index (κ2) is 16.1. The lowest BCUT2D eigenvalue weighted by atomic mass is 9.31. The van der Waals surface area contributed by atoms with Crippen LogP contribution in [0, 0.1) is 0 Å². The molecule has 2 nitrogen and oxygen atoms in total. The summed E-state index contributed by atoms with van der Waals surface area (Å²) in [5, 5.41) is 0. The lowest BCUT2D eigenvalue weighted by Gasteiger charge is -2.49. The van der Waals surface area contributed by atoms with Gasteiger partial charge in [0.15, 0.2) is 0 Å². The molecule has 0 atom stereocenters. The molecule has 4 heterocycles. The summed E-state index contributed by atoms with van der Waals surface area (Å²) in [6.45, 7) is 28.7. The second-order valence-corrected chi connectivity index (χ2v) is 25.7. The molecule has 74 heavy (non-hydrogen) atoms. The third-order valence-corrected chi connectivity index (χ3v) is 16.7. The average Bonchev–Trinajstić information content (AvgIpc) is 3.96. The van der Waals surface area contributed by atoms with Crippen molar-refractivity contribution in [1.82, 2.24) is 0 Å². The van der Waals surface area contributed by atoms with E-state index in [1.54, 1.807) is 0 Å². The van der Waals surface area contributed by atoms with Gasteiger partial charge in [0.25, 0.3) is 0 Å². The molecule has 9 aromatic carbocycles. The molecule has 0 spiro atoms. The molecule has 0 bridgehead atoms. The first-order chi connectivity index (χ1) is 35.3. The molecule has 0 unspecified atom stereocenters. The summed E-state index contributed by atoms with van der Waals surface area (Å²) >= 11 is 0. The van der Waals surface area contributed by atoms with Gasteiger partial charge in [0, 0.05) is 34.1 Å². The van der Waals surface area contributed by atoms with Gasteiger partial charge in [0.2, 0.25) is 13.4 Å². The molecule has 4 aliphatic heterocycles. The van der Waals surface area contributed by atoms with E-state index in [4.69, 9.17) is 0 Å².